The van der Waals surface area contributed by atoms with E-state index in [0.717, 1.165) is 0 Å². The second-order valence-electron chi connectivity index (χ2n) is 14.8. The van der Waals surface area contributed by atoms with E-state index in [-0.39, 0.29) is 19.6 Å². The highest BCUT2D eigenvalue weighted by Gasteiger charge is 2.23. The van der Waals surface area contributed by atoms with Crippen molar-refractivity contribution in [1.29, 1.82) is 0 Å². The first-order valence-corrected chi connectivity index (χ1v) is 24.8. The number of hydrogen-bond acceptors (Lipinski definition) is 10. The summed E-state index contributed by atoms with van der Waals surface area (Å²) in [6.45, 7) is 0. The molecule has 0 saturated heterocycles. The van der Waals surface area contributed by atoms with Gasteiger partial charge in [-0.25, -0.2) is 4.98 Å². The van der Waals surface area contributed by atoms with Crippen molar-refractivity contribution in [1.82, 2.24) is 19.9 Å². The zero-order valence-corrected chi connectivity index (χ0v) is 36.0. The number of aryl methyl sites for hydroxylation is 2. The highest BCUT2D eigenvalue weighted by molar-refractivity contribution is 7.86. The minimum Gasteiger partial charge on any atom is -0.354 e. The number of hydrogen-bond donors (Lipinski definition) is 6. The summed E-state index contributed by atoms with van der Waals surface area (Å²) in [6, 6.07) is 29.5. The number of aromatic amines is 2. The molecule has 8 bridgehead atoms. The molecule has 0 amide bonds. The summed E-state index contributed by atoms with van der Waals surface area (Å²) >= 11 is 0. The van der Waals surface area contributed by atoms with Crippen molar-refractivity contribution in [2.75, 3.05) is 0 Å². The first-order chi connectivity index (χ1) is 30.2. The maximum absolute atomic E-state index is 12.0. The maximum Gasteiger partial charge on any atom is 0.294 e. The molecule has 0 fully saturated rings. The van der Waals surface area contributed by atoms with E-state index in [1.54, 1.807) is 36.4 Å². The van der Waals surface area contributed by atoms with Gasteiger partial charge in [-0.05, 0) is 120 Å². The molecular formula is C44H32N4O12S4. The molecule has 0 saturated carbocycles. The SMILES string of the molecule is O=S(=O)(O)c1ccc(-c2c3nc(c(-c4ccc(S(=O)(=O)O)cc4)c4ccc([nH]4)c(-c4ccc(S(=O)(=O)O)cc4)c4ccc([nH]4)c(-c4ccc(S(=O)(=O)O)cc4)c4nc2CC4)C=C3)cc1. The third-order valence-corrected chi connectivity index (χ3v) is 14.3. The largest absolute Gasteiger partial charge is 0.354 e. The van der Waals surface area contributed by atoms with Gasteiger partial charge in [0, 0.05) is 44.3 Å². The first kappa shape index (κ1) is 42.7. The molecule has 2 aliphatic heterocycles. The zero-order valence-electron chi connectivity index (χ0n) is 32.7. The second-order valence-corrected chi connectivity index (χ2v) is 20.5. The van der Waals surface area contributed by atoms with Crippen molar-refractivity contribution in [3.8, 4) is 44.5 Å². The lowest BCUT2D eigenvalue weighted by Crippen LogP contribution is -1.98. The minimum atomic E-state index is -4.54. The minimum absolute atomic E-state index is 0.322. The van der Waals surface area contributed by atoms with Crippen LogP contribution in [-0.2, 0) is 53.3 Å². The molecule has 9 rings (SSSR count). The van der Waals surface area contributed by atoms with Gasteiger partial charge in [0.15, 0.2) is 0 Å². The van der Waals surface area contributed by atoms with Gasteiger partial charge >= 0.3 is 0 Å². The highest BCUT2D eigenvalue weighted by Crippen LogP contribution is 2.39. The van der Waals surface area contributed by atoms with Crippen molar-refractivity contribution in [2.24, 2.45) is 0 Å². The average molecular weight is 937 g/mol. The Bertz CT molecular complexity index is 3740. The molecule has 0 radical (unpaired) electrons. The van der Waals surface area contributed by atoms with E-state index >= 15 is 0 Å². The Balaban J connectivity index is 1.43. The Kier molecular flexibility index (Phi) is 10.4. The molecule has 324 valence electrons. The topological polar surface area (TPSA) is 275 Å². The standard InChI is InChI=1S/C44H32N4O12S4/c49-61(50,51)29-9-1-25(2-10-29)41-33-17-19-35(45-33)42(26-3-11-30(12-4-26)62(52,53)54)37-21-23-39(47-37)44(28-7-15-32(16-8-28)64(58,59)60)40-24-22-38(48-40)43(36-20-18-34(41)46-36)27-5-13-31(14-6-27)63(55,56)57/h1-21,23,45-46H,22,24H2,(H,49,50,51)(H,52,53,54)(H,55,56,57)(H,58,59,60). The van der Waals surface area contributed by atoms with Gasteiger partial charge in [-0.1, -0.05) is 48.5 Å². The van der Waals surface area contributed by atoms with Gasteiger partial charge in [0.05, 0.1) is 42.4 Å². The average Bonchev–Trinajstić information content (AvgIpc) is 4.08. The predicted octanol–water partition coefficient (Wildman–Crippen LogP) is 7.93. The monoisotopic (exact) mass is 936 g/mol. The molecule has 4 aromatic carbocycles. The number of nitrogens with one attached hydrogen (secondary N) is 2. The van der Waals surface area contributed by atoms with Gasteiger partial charge in [0.2, 0.25) is 0 Å². The molecule has 0 aliphatic carbocycles. The fraction of sp³-hybridized carbons (Fsp3) is 0.0455. The van der Waals surface area contributed by atoms with Gasteiger partial charge in [0.1, 0.15) is 0 Å². The van der Waals surface area contributed by atoms with Gasteiger partial charge in [-0.3, -0.25) is 23.2 Å². The van der Waals surface area contributed by atoms with E-state index in [0.29, 0.717) is 102 Å². The molecule has 0 spiro atoms. The lowest BCUT2D eigenvalue weighted by atomic mass is 10.00. The smallest absolute Gasteiger partial charge is 0.294 e. The zero-order chi connectivity index (χ0) is 45.3. The number of nitrogens with zero attached hydrogens (tertiary/aromatic N) is 2. The van der Waals surface area contributed by atoms with Crippen LogP contribution in [-0.4, -0.2) is 71.8 Å². The Hall–Kier alpha value is -6.62. The third kappa shape index (κ3) is 8.19. The van der Waals surface area contributed by atoms with Crippen LogP contribution in [0.3, 0.4) is 0 Å². The summed E-state index contributed by atoms with van der Waals surface area (Å²) in [5.74, 6) is 0. The molecule has 0 unspecified atom stereocenters. The van der Waals surface area contributed by atoms with Crippen LogP contribution in [0.25, 0.3) is 78.7 Å². The van der Waals surface area contributed by atoms with Gasteiger partial charge < -0.3 is 9.97 Å². The second kappa shape index (κ2) is 15.6. The van der Waals surface area contributed by atoms with E-state index in [1.165, 1.54) is 97.1 Å². The van der Waals surface area contributed by atoms with Crippen molar-refractivity contribution >= 4 is 74.7 Å². The van der Waals surface area contributed by atoms with E-state index in [9.17, 15) is 51.9 Å². The number of H-pyrrole nitrogens is 2. The molecule has 16 nitrogen and oxygen atoms in total. The molecule has 7 aromatic rings. The van der Waals surface area contributed by atoms with Crippen LogP contribution < -0.4 is 0 Å². The van der Waals surface area contributed by atoms with Crippen LogP contribution in [0.2, 0.25) is 0 Å². The van der Waals surface area contributed by atoms with Crippen molar-refractivity contribution < 1.29 is 51.9 Å². The number of rotatable bonds is 8. The Labute approximate surface area is 365 Å². The fourth-order valence-corrected chi connectivity index (χ4v) is 9.82. The molecule has 6 N–H and O–H groups in total. The summed E-state index contributed by atoms with van der Waals surface area (Å²) in [4.78, 5) is 15.9. The first-order valence-electron chi connectivity index (χ1n) is 19.0. The molecular weight excluding hydrogens is 905 g/mol. The van der Waals surface area contributed by atoms with Crippen LogP contribution in [0.5, 0.6) is 0 Å². The summed E-state index contributed by atoms with van der Waals surface area (Å²) in [5.41, 5.74) is 8.29. The summed E-state index contributed by atoms with van der Waals surface area (Å²) in [5, 5.41) is 0. The van der Waals surface area contributed by atoms with E-state index < -0.39 is 40.5 Å². The Morgan fingerprint density at radius 2 is 0.625 bits per heavy atom. The Morgan fingerprint density at radius 1 is 0.344 bits per heavy atom. The molecule has 2 aliphatic rings. The summed E-state index contributed by atoms with van der Waals surface area (Å²) in [7, 11) is -18.1. The Morgan fingerprint density at radius 3 is 1.00 bits per heavy atom. The number of aromatic nitrogens is 4. The molecule has 0 atom stereocenters. The quantitative estimate of drug-likeness (QED) is 0.0790. The third-order valence-electron chi connectivity index (χ3n) is 10.8. The van der Waals surface area contributed by atoms with Gasteiger partial charge in [0.25, 0.3) is 40.5 Å². The van der Waals surface area contributed by atoms with Crippen LogP contribution in [0, 0.1) is 0 Å². The predicted molar refractivity (Wildman–Crippen MR) is 238 cm³/mol. The van der Waals surface area contributed by atoms with E-state index in [2.05, 4.69) is 9.97 Å². The van der Waals surface area contributed by atoms with Crippen molar-refractivity contribution in [2.45, 2.75) is 32.4 Å². The lowest BCUT2D eigenvalue weighted by Gasteiger charge is -2.08. The molecule has 5 heterocycles. The highest BCUT2D eigenvalue weighted by atomic mass is 32.2. The number of fused-ring (bicyclic) bond motifs is 8. The molecule has 64 heavy (non-hydrogen) atoms. The normalized spacial score (nSPS) is 13.3. The van der Waals surface area contributed by atoms with Crippen LogP contribution >= 0.6 is 0 Å². The maximum atomic E-state index is 12.0. The van der Waals surface area contributed by atoms with Gasteiger partial charge in [-0.2, -0.15) is 33.7 Å². The van der Waals surface area contributed by atoms with Crippen LogP contribution in [0.15, 0.2) is 141 Å². The van der Waals surface area contributed by atoms with Crippen molar-refractivity contribution in [3.05, 3.63) is 144 Å². The summed E-state index contributed by atoms with van der Waals surface area (Å²) < 4.78 is 135. The van der Waals surface area contributed by atoms with Crippen molar-refractivity contribution in [3.63, 3.8) is 0 Å². The van der Waals surface area contributed by atoms with Crippen LogP contribution in [0.1, 0.15) is 22.8 Å². The lowest BCUT2D eigenvalue weighted by molar-refractivity contribution is 0.481. The van der Waals surface area contributed by atoms with Gasteiger partial charge in [-0.15, -0.1) is 0 Å². The molecule has 3 aromatic heterocycles. The van der Waals surface area contributed by atoms with E-state index in [4.69, 9.17) is 9.97 Å². The number of benzene rings is 4. The fourth-order valence-electron chi connectivity index (χ4n) is 7.90. The summed E-state index contributed by atoms with van der Waals surface area (Å²) in [6.07, 6.45) is 4.22. The van der Waals surface area contributed by atoms with Crippen LogP contribution in [0.4, 0.5) is 0 Å². The van der Waals surface area contributed by atoms with E-state index in [1.807, 2.05) is 0 Å². The molecule has 20 heteroatoms.